The van der Waals surface area contributed by atoms with Crippen LogP contribution < -0.4 is 15.4 Å². The van der Waals surface area contributed by atoms with Gasteiger partial charge in [0.15, 0.2) is 5.82 Å². The summed E-state index contributed by atoms with van der Waals surface area (Å²) in [6, 6.07) is 0.538. The highest BCUT2D eigenvalue weighted by Crippen LogP contribution is 2.26. The summed E-state index contributed by atoms with van der Waals surface area (Å²) in [5, 5.41) is 0. The molecule has 5 heteroatoms. The molecule has 5 nitrogen and oxygen atoms in total. The van der Waals surface area contributed by atoms with Crippen molar-refractivity contribution in [3.8, 4) is 5.88 Å². The fourth-order valence-corrected chi connectivity index (χ4v) is 2.79. The Labute approximate surface area is 121 Å². The maximum absolute atomic E-state index is 5.77. The molecule has 1 aromatic rings. The molecule has 0 bridgehead atoms. The Bertz CT molecular complexity index is 405. The standard InChI is InChI=1S/C15H26N4O/c1-12(2)20-15-11-17-10-14(18-15)19(9-8-16)13-6-4-3-5-7-13/h10-13H,3-9,16H2,1-2H3. The SMILES string of the molecule is CC(C)Oc1cncc(N(CCN)C2CCCCC2)n1. The topological polar surface area (TPSA) is 64.3 Å². The fourth-order valence-electron chi connectivity index (χ4n) is 2.79. The lowest BCUT2D eigenvalue weighted by Crippen LogP contribution is -2.40. The minimum atomic E-state index is 0.109. The van der Waals surface area contributed by atoms with Gasteiger partial charge in [-0.1, -0.05) is 19.3 Å². The summed E-state index contributed by atoms with van der Waals surface area (Å²) in [6.07, 6.45) is 9.96. The summed E-state index contributed by atoms with van der Waals surface area (Å²) in [5.41, 5.74) is 5.77. The molecule has 112 valence electrons. The van der Waals surface area contributed by atoms with E-state index >= 15 is 0 Å². The predicted molar refractivity (Wildman–Crippen MR) is 81.1 cm³/mol. The van der Waals surface area contributed by atoms with Gasteiger partial charge in [-0.05, 0) is 26.7 Å². The third-order valence-corrected chi connectivity index (χ3v) is 3.64. The zero-order valence-electron chi connectivity index (χ0n) is 12.6. The van der Waals surface area contributed by atoms with Crippen molar-refractivity contribution in [1.29, 1.82) is 0 Å². The molecule has 0 amide bonds. The Balaban J connectivity index is 2.15. The van der Waals surface area contributed by atoms with Gasteiger partial charge in [-0.2, -0.15) is 4.98 Å². The molecule has 1 aliphatic carbocycles. The molecule has 1 aliphatic rings. The molecule has 0 saturated heterocycles. The van der Waals surface area contributed by atoms with Gasteiger partial charge >= 0.3 is 0 Å². The maximum atomic E-state index is 5.77. The van der Waals surface area contributed by atoms with E-state index in [4.69, 9.17) is 10.5 Å². The van der Waals surface area contributed by atoms with Crippen molar-refractivity contribution in [2.45, 2.75) is 58.1 Å². The molecule has 1 heterocycles. The summed E-state index contributed by atoms with van der Waals surface area (Å²) in [5.74, 6) is 1.48. The number of aromatic nitrogens is 2. The van der Waals surface area contributed by atoms with E-state index in [0.29, 0.717) is 18.5 Å². The van der Waals surface area contributed by atoms with Crippen LogP contribution in [0.15, 0.2) is 12.4 Å². The first-order chi connectivity index (χ1) is 9.70. The van der Waals surface area contributed by atoms with Crippen molar-refractivity contribution in [1.82, 2.24) is 9.97 Å². The molecule has 1 fully saturated rings. The third kappa shape index (κ3) is 4.07. The molecule has 1 aromatic heterocycles. The van der Waals surface area contributed by atoms with Crippen LogP contribution in [0.1, 0.15) is 46.0 Å². The molecule has 0 atom stereocenters. The molecule has 0 aromatic carbocycles. The second-order valence-electron chi connectivity index (χ2n) is 5.66. The normalized spacial score (nSPS) is 16.4. The molecular weight excluding hydrogens is 252 g/mol. The van der Waals surface area contributed by atoms with Gasteiger partial charge in [0.05, 0.1) is 18.5 Å². The minimum Gasteiger partial charge on any atom is -0.474 e. The van der Waals surface area contributed by atoms with Gasteiger partial charge in [0, 0.05) is 19.1 Å². The first kappa shape index (κ1) is 15.0. The van der Waals surface area contributed by atoms with Gasteiger partial charge in [0.2, 0.25) is 5.88 Å². The first-order valence-electron chi connectivity index (χ1n) is 7.66. The molecular formula is C15H26N4O. The molecule has 1 saturated carbocycles. The second kappa shape index (κ2) is 7.43. The lowest BCUT2D eigenvalue weighted by Gasteiger charge is -2.35. The van der Waals surface area contributed by atoms with Crippen LogP contribution >= 0.6 is 0 Å². The largest absolute Gasteiger partial charge is 0.474 e. The van der Waals surface area contributed by atoms with Crippen LogP contribution in [0.3, 0.4) is 0 Å². The van der Waals surface area contributed by atoms with Crippen LogP contribution in [0.4, 0.5) is 5.82 Å². The van der Waals surface area contributed by atoms with Crippen molar-refractivity contribution in [3.63, 3.8) is 0 Å². The van der Waals surface area contributed by atoms with E-state index in [-0.39, 0.29) is 6.10 Å². The number of anilines is 1. The van der Waals surface area contributed by atoms with Crippen LogP contribution in [0, 0.1) is 0 Å². The molecule has 2 N–H and O–H groups in total. The fraction of sp³-hybridized carbons (Fsp3) is 0.733. The number of nitrogens with zero attached hydrogens (tertiary/aromatic N) is 3. The van der Waals surface area contributed by atoms with Crippen molar-refractivity contribution in [3.05, 3.63) is 12.4 Å². The van der Waals surface area contributed by atoms with E-state index < -0.39 is 0 Å². The molecule has 0 unspecified atom stereocenters. The van der Waals surface area contributed by atoms with E-state index in [1.807, 2.05) is 20.0 Å². The summed E-state index contributed by atoms with van der Waals surface area (Å²) in [7, 11) is 0. The van der Waals surface area contributed by atoms with E-state index in [2.05, 4.69) is 14.9 Å². The Hall–Kier alpha value is -1.36. The lowest BCUT2D eigenvalue weighted by molar-refractivity contribution is 0.231. The zero-order chi connectivity index (χ0) is 14.4. The average molecular weight is 278 g/mol. The van der Waals surface area contributed by atoms with Crippen LogP contribution in [-0.2, 0) is 0 Å². The molecule has 0 radical (unpaired) electrons. The van der Waals surface area contributed by atoms with E-state index in [9.17, 15) is 0 Å². The quantitative estimate of drug-likeness (QED) is 0.865. The number of hydrogen-bond donors (Lipinski definition) is 1. The van der Waals surface area contributed by atoms with Crippen molar-refractivity contribution >= 4 is 5.82 Å². The lowest BCUT2D eigenvalue weighted by atomic mass is 9.94. The van der Waals surface area contributed by atoms with Crippen LogP contribution in [-0.4, -0.2) is 35.2 Å². The van der Waals surface area contributed by atoms with Gasteiger partial charge in [-0.25, -0.2) is 0 Å². The first-order valence-corrected chi connectivity index (χ1v) is 7.66. The maximum Gasteiger partial charge on any atom is 0.234 e. The average Bonchev–Trinajstić information content (AvgIpc) is 2.45. The highest BCUT2D eigenvalue weighted by molar-refractivity contribution is 5.39. The smallest absolute Gasteiger partial charge is 0.234 e. The minimum absolute atomic E-state index is 0.109. The number of nitrogens with two attached hydrogens (primary N) is 1. The van der Waals surface area contributed by atoms with E-state index in [1.165, 1.54) is 32.1 Å². The van der Waals surface area contributed by atoms with Gasteiger partial charge in [-0.3, -0.25) is 4.98 Å². The van der Waals surface area contributed by atoms with Crippen LogP contribution in [0.25, 0.3) is 0 Å². The van der Waals surface area contributed by atoms with Gasteiger partial charge in [0.1, 0.15) is 0 Å². The van der Waals surface area contributed by atoms with E-state index in [0.717, 1.165) is 12.4 Å². The van der Waals surface area contributed by atoms with Gasteiger partial charge < -0.3 is 15.4 Å². The summed E-state index contributed by atoms with van der Waals surface area (Å²) >= 11 is 0. The zero-order valence-corrected chi connectivity index (χ0v) is 12.6. The predicted octanol–water partition coefficient (Wildman–Crippen LogP) is 2.36. The number of hydrogen-bond acceptors (Lipinski definition) is 5. The van der Waals surface area contributed by atoms with Crippen molar-refractivity contribution in [2.75, 3.05) is 18.0 Å². The van der Waals surface area contributed by atoms with Crippen LogP contribution in [0.5, 0.6) is 5.88 Å². The summed E-state index contributed by atoms with van der Waals surface area (Å²) < 4.78 is 5.64. The third-order valence-electron chi connectivity index (χ3n) is 3.64. The highest BCUT2D eigenvalue weighted by atomic mass is 16.5. The highest BCUT2D eigenvalue weighted by Gasteiger charge is 2.22. The molecule has 0 aliphatic heterocycles. The Kier molecular flexibility index (Phi) is 5.59. The molecule has 2 rings (SSSR count). The Morgan fingerprint density at radius 3 is 2.70 bits per heavy atom. The van der Waals surface area contributed by atoms with Crippen molar-refractivity contribution < 1.29 is 4.74 Å². The van der Waals surface area contributed by atoms with Gasteiger partial charge in [0.25, 0.3) is 0 Å². The Morgan fingerprint density at radius 2 is 2.05 bits per heavy atom. The number of ether oxygens (including phenoxy) is 1. The monoisotopic (exact) mass is 278 g/mol. The van der Waals surface area contributed by atoms with Crippen molar-refractivity contribution in [2.24, 2.45) is 5.73 Å². The summed E-state index contributed by atoms with van der Waals surface area (Å²) in [4.78, 5) is 11.2. The molecule has 0 spiro atoms. The molecule has 20 heavy (non-hydrogen) atoms. The number of rotatable bonds is 6. The van der Waals surface area contributed by atoms with Crippen LogP contribution in [0.2, 0.25) is 0 Å². The summed E-state index contributed by atoms with van der Waals surface area (Å²) in [6.45, 7) is 5.44. The second-order valence-corrected chi connectivity index (χ2v) is 5.66. The Morgan fingerprint density at radius 1 is 1.30 bits per heavy atom. The van der Waals surface area contributed by atoms with Gasteiger partial charge in [-0.15, -0.1) is 0 Å². The van der Waals surface area contributed by atoms with E-state index in [1.54, 1.807) is 6.20 Å².